The van der Waals surface area contributed by atoms with Gasteiger partial charge in [-0.05, 0) is 38.4 Å². The van der Waals surface area contributed by atoms with Crippen molar-refractivity contribution in [2.75, 3.05) is 39.8 Å². The second kappa shape index (κ2) is 8.07. The summed E-state index contributed by atoms with van der Waals surface area (Å²) in [7, 11) is -1.25. The van der Waals surface area contributed by atoms with Gasteiger partial charge in [-0.1, -0.05) is 13.8 Å². The monoisotopic (exact) mass is 359 g/mol. The normalized spacial score (nSPS) is 19.3. The maximum atomic E-state index is 12.4. The summed E-state index contributed by atoms with van der Waals surface area (Å²) in [4.78, 5) is 5.77. The Kier molecular flexibility index (Phi) is 6.62. The van der Waals surface area contributed by atoms with Gasteiger partial charge in [-0.15, -0.1) is 11.3 Å². The Hall–Kier alpha value is -0.470. The van der Waals surface area contributed by atoms with Crippen LogP contribution in [-0.2, 0) is 10.0 Å². The fourth-order valence-electron chi connectivity index (χ4n) is 2.93. The molecule has 0 saturated carbocycles. The highest BCUT2D eigenvalue weighted by atomic mass is 32.2. The van der Waals surface area contributed by atoms with Gasteiger partial charge in [-0.2, -0.15) is 0 Å². The van der Waals surface area contributed by atoms with Crippen LogP contribution in [0, 0.1) is 12.8 Å². The first-order valence-electron chi connectivity index (χ1n) is 8.26. The highest BCUT2D eigenvalue weighted by molar-refractivity contribution is 7.91. The molecule has 1 aromatic heterocycles. The van der Waals surface area contributed by atoms with Crippen LogP contribution in [0.15, 0.2) is 16.3 Å². The van der Waals surface area contributed by atoms with Crippen molar-refractivity contribution in [3.8, 4) is 0 Å². The number of likely N-dealkylation sites (N-methyl/N-ethyl adjacent to an activating group) is 1. The summed E-state index contributed by atoms with van der Waals surface area (Å²) in [5.41, 5.74) is 0. The lowest BCUT2D eigenvalue weighted by atomic mass is 10.0. The van der Waals surface area contributed by atoms with E-state index in [1.165, 1.54) is 11.3 Å². The zero-order valence-electron chi connectivity index (χ0n) is 14.6. The lowest BCUT2D eigenvalue weighted by Gasteiger charge is -2.38. The summed E-state index contributed by atoms with van der Waals surface area (Å²) >= 11 is 1.33. The molecular weight excluding hydrogens is 330 g/mol. The van der Waals surface area contributed by atoms with E-state index < -0.39 is 10.0 Å². The molecule has 1 aliphatic rings. The van der Waals surface area contributed by atoms with Gasteiger partial charge in [0.15, 0.2) is 0 Å². The van der Waals surface area contributed by atoms with Crippen LogP contribution >= 0.6 is 11.3 Å². The summed E-state index contributed by atoms with van der Waals surface area (Å²) in [6, 6.07) is 3.81. The van der Waals surface area contributed by atoms with E-state index in [-0.39, 0.29) is 6.04 Å². The number of hydrogen-bond acceptors (Lipinski definition) is 5. The molecule has 1 aliphatic heterocycles. The molecule has 0 amide bonds. The SMILES string of the molecule is Cc1ccc(S(=O)(=O)NCC(CC(C)C)N2CCN(C)CC2)s1. The minimum absolute atomic E-state index is 0.263. The van der Waals surface area contributed by atoms with Crippen molar-refractivity contribution in [1.82, 2.24) is 14.5 Å². The van der Waals surface area contributed by atoms with Gasteiger partial charge < -0.3 is 4.90 Å². The molecule has 0 bridgehead atoms. The lowest BCUT2D eigenvalue weighted by molar-refractivity contribution is 0.102. The predicted molar refractivity (Wildman–Crippen MR) is 96.6 cm³/mol. The van der Waals surface area contributed by atoms with Crippen LogP contribution in [0.2, 0.25) is 0 Å². The first-order chi connectivity index (χ1) is 10.8. The van der Waals surface area contributed by atoms with Crippen molar-refractivity contribution in [2.45, 2.75) is 37.4 Å². The number of piperazine rings is 1. The molecule has 1 N–H and O–H groups in total. The Morgan fingerprint density at radius 2 is 1.87 bits per heavy atom. The third-order valence-corrected chi connectivity index (χ3v) is 7.20. The highest BCUT2D eigenvalue weighted by Crippen LogP contribution is 2.21. The van der Waals surface area contributed by atoms with Gasteiger partial charge in [0.25, 0.3) is 0 Å². The molecule has 1 saturated heterocycles. The van der Waals surface area contributed by atoms with Gasteiger partial charge in [0.05, 0.1) is 0 Å². The maximum absolute atomic E-state index is 12.4. The smallest absolute Gasteiger partial charge is 0.250 e. The van der Waals surface area contributed by atoms with Gasteiger partial charge in [-0.25, -0.2) is 13.1 Å². The Morgan fingerprint density at radius 3 is 2.39 bits per heavy atom. The van der Waals surface area contributed by atoms with Crippen LogP contribution < -0.4 is 4.72 Å². The van der Waals surface area contributed by atoms with Crippen LogP contribution in [0.25, 0.3) is 0 Å². The fraction of sp³-hybridized carbons (Fsp3) is 0.750. The molecule has 0 spiro atoms. The fourth-order valence-corrected chi connectivity index (χ4v) is 5.33. The number of aryl methyl sites for hydroxylation is 1. The minimum Gasteiger partial charge on any atom is -0.304 e. The topological polar surface area (TPSA) is 52.7 Å². The van der Waals surface area contributed by atoms with Crippen LogP contribution in [0.1, 0.15) is 25.1 Å². The third-order valence-electron chi connectivity index (χ3n) is 4.29. The van der Waals surface area contributed by atoms with Gasteiger partial charge in [0.2, 0.25) is 10.0 Å². The van der Waals surface area contributed by atoms with Crippen molar-refractivity contribution in [3.05, 3.63) is 17.0 Å². The summed E-state index contributed by atoms with van der Waals surface area (Å²) in [5, 5.41) is 0. The molecule has 23 heavy (non-hydrogen) atoms. The van der Waals surface area contributed by atoms with E-state index >= 15 is 0 Å². The largest absolute Gasteiger partial charge is 0.304 e. The minimum atomic E-state index is -3.39. The second-order valence-electron chi connectivity index (χ2n) is 6.84. The van der Waals surface area contributed by atoms with E-state index in [9.17, 15) is 8.42 Å². The number of hydrogen-bond donors (Lipinski definition) is 1. The quantitative estimate of drug-likeness (QED) is 0.809. The average molecular weight is 360 g/mol. The molecule has 2 heterocycles. The van der Waals surface area contributed by atoms with Crippen molar-refractivity contribution in [2.24, 2.45) is 5.92 Å². The Balaban J connectivity index is 2.00. The first-order valence-corrected chi connectivity index (χ1v) is 10.6. The van der Waals surface area contributed by atoms with Gasteiger partial charge >= 0.3 is 0 Å². The van der Waals surface area contributed by atoms with Crippen molar-refractivity contribution < 1.29 is 8.42 Å². The van der Waals surface area contributed by atoms with E-state index in [1.54, 1.807) is 6.07 Å². The molecule has 0 aromatic carbocycles. The zero-order valence-corrected chi connectivity index (χ0v) is 16.2. The lowest BCUT2D eigenvalue weighted by Crippen LogP contribution is -2.52. The molecule has 1 fully saturated rings. The summed E-state index contributed by atoms with van der Waals surface area (Å²) in [6.45, 7) is 10.9. The van der Waals surface area contributed by atoms with E-state index in [4.69, 9.17) is 0 Å². The summed E-state index contributed by atoms with van der Waals surface area (Å²) < 4.78 is 28.1. The molecule has 7 heteroatoms. The van der Waals surface area contributed by atoms with E-state index in [0.29, 0.717) is 16.7 Å². The van der Waals surface area contributed by atoms with Crippen molar-refractivity contribution in [1.29, 1.82) is 0 Å². The van der Waals surface area contributed by atoms with E-state index in [1.807, 2.05) is 13.0 Å². The molecule has 0 aliphatic carbocycles. The molecule has 5 nitrogen and oxygen atoms in total. The standard InChI is InChI=1S/C16H29N3O2S2/c1-13(2)11-15(19-9-7-18(4)8-10-19)12-17-23(20,21)16-6-5-14(3)22-16/h5-6,13,15,17H,7-12H2,1-4H3. The molecule has 0 radical (unpaired) electrons. The average Bonchev–Trinajstić information content (AvgIpc) is 2.91. The molecule has 2 rings (SSSR count). The number of nitrogens with one attached hydrogen (secondary N) is 1. The number of rotatable bonds is 7. The van der Waals surface area contributed by atoms with Gasteiger partial charge in [-0.3, -0.25) is 4.90 Å². The van der Waals surface area contributed by atoms with Crippen LogP contribution in [0.5, 0.6) is 0 Å². The maximum Gasteiger partial charge on any atom is 0.250 e. The molecular formula is C16H29N3O2S2. The predicted octanol–water partition coefficient (Wildman–Crippen LogP) is 2.00. The Morgan fingerprint density at radius 1 is 1.22 bits per heavy atom. The first kappa shape index (κ1) is 18.9. The van der Waals surface area contributed by atoms with Gasteiger partial charge in [0, 0.05) is 43.6 Å². The van der Waals surface area contributed by atoms with Gasteiger partial charge in [0.1, 0.15) is 4.21 Å². The van der Waals surface area contributed by atoms with Crippen LogP contribution in [-0.4, -0.2) is 64.0 Å². The van der Waals surface area contributed by atoms with Crippen molar-refractivity contribution >= 4 is 21.4 Å². The van der Waals surface area contributed by atoms with E-state index in [0.717, 1.165) is 37.5 Å². The number of thiophene rings is 1. The van der Waals surface area contributed by atoms with Crippen LogP contribution in [0.4, 0.5) is 0 Å². The Labute approximate surface area is 144 Å². The molecule has 1 unspecified atom stereocenters. The summed E-state index contributed by atoms with van der Waals surface area (Å²) in [6.07, 6.45) is 1.01. The molecule has 132 valence electrons. The van der Waals surface area contributed by atoms with Crippen molar-refractivity contribution in [3.63, 3.8) is 0 Å². The summed E-state index contributed by atoms with van der Waals surface area (Å²) in [5.74, 6) is 0.549. The third kappa shape index (κ3) is 5.53. The number of nitrogens with zero attached hydrogens (tertiary/aromatic N) is 2. The highest BCUT2D eigenvalue weighted by Gasteiger charge is 2.25. The zero-order chi connectivity index (χ0) is 17.0. The molecule has 1 atom stereocenters. The van der Waals surface area contributed by atoms with Crippen LogP contribution in [0.3, 0.4) is 0 Å². The molecule has 1 aromatic rings. The Bertz CT molecular complexity index is 590. The van der Waals surface area contributed by atoms with E-state index in [2.05, 4.69) is 35.4 Å². The number of sulfonamides is 1. The second-order valence-corrected chi connectivity index (χ2v) is 10.1.